The van der Waals surface area contributed by atoms with Gasteiger partial charge in [0.25, 0.3) is 0 Å². The first-order chi connectivity index (χ1) is 7.79. The molecule has 1 saturated heterocycles. The molecule has 3 nitrogen and oxygen atoms in total. The standard InChI is InChI=1S/C12H21N3S/c1-3-7-15(8-11-5-4-6-13-11)12-14-10(2)9-16-12/h9,11,13H,3-8H2,1-2H3. The van der Waals surface area contributed by atoms with E-state index in [1.807, 2.05) is 0 Å². The van der Waals surface area contributed by atoms with Crippen LogP contribution in [0.4, 0.5) is 5.13 Å². The SMILES string of the molecule is CCCN(CC1CCCN1)c1nc(C)cs1. The Hall–Kier alpha value is -0.610. The van der Waals surface area contributed by atoms with Gasteiger partial charge < -0.3 is 10.2 Å². The maximum absolute atomic E-state index is 4.59. The fourth-order valence-corrected chi connectivity index (χ4v) is 3.04. The third kappa shape index (κ3) is 2.95. The molecule has 1 unspecified atom stereocenters. The smallest absolute Gasteiger partial charge is 0.185 e. The Morgan fingerprint density at radius 1 is 1.62 bits per heavy atom. The van der Waals surface area contributed by atoms with Gasteiger partial charge in [-0.3, -0.25) is 0 Å². The van der Waals surface area contributed by atoms with Crippen molar-refractivity contribution in [2.45, 2.75) is 39.2 Å². The number of aryl methyl sites for hydroxylation is 1. The monoisotopic (exact) mass is 239 g/mol. The van der Waals surface area contributed by atoms with Crippen molar-refractivity contribution < 1.29 is 0 Å². The van der Waals surface area contributed by atoms with E-state index in [0.29, 0.717) is 6.04 Å². The number of nitrogens with one attached hydrogen (secondary N) is 1. The van der Waals surface area contributed by atoms with Crippen molar-refractivity contribution in [1.82, 2.24) is 10.3 Å². The van der Waals surface area contributed by atoms with Crippen molar-refractivity contribution in [1.29, 1.82) is 0 Å². The minimum atomic E-state index is 0.663. The molecular weight excluding hydrogens is 218 g/mol. The molecule has 0 aromatic carbocycles. The molecule has 1 N–H and O–H groups in total. The lowest BCUT2D eigenvalue weighted by Gasteiger charge is -2.24. The molecule has 2 heterocycles. The second-order valence-electron chi connectivity index (χ2n) is 4.51. The van der Waals surface area contributed by atoms with E-state index in [-0.39, 0.29) is 0 Å². The Bertz CT molecular complexity index is 318. The molecule has 1 aliphatic heterocycles. The lowest BCUT2D eigenvalue weighted by Crippen LogP contribution is -2.38. The summed E-state index contributed by atoms with van der Waals surface area (Å²) in [7, 11) is 0. The Balaban J connectivity index is 1.98. The van der Waals surface area contributed by atoms with E-state index in [9.17, 15) is 0 Å². The van der Waals surface area contributed by atoms with Crippen molar-refractivity contribution >= 4 is 16.5 Å². The zero-order chi connectivity index (χ0) is 11.4. The average molecular weight is 239 g/mol. The van der Waals surface area contributed by atoms with E-state index in [2.05, 4.69) is 34.4 Å². The van der Waals surface area contributed by atoms with E-state index < -0.39 is 0 Å². The molecule has 1 aliphatic rings. The maximum Gasteiger partial charge on any atom is 0.185 e. The summed E-state index contributed by atoms with van der Waals surface area (Å²) in [5.41, 5.74) is 1.14. The number of anilines is 1. The lowest BCUT2D eigenvalue weighted by atomic mass is 10.2. The molecule has 16 heavy (non-hydrogen) atoms. The molecule has 0 radical (unpaired) electrons. The van der Waals surface area contributed by atoms with Gasteiger partial charge in [-0.1, -0.05) is 6.92 Å². The van der Waals surface area contributed by atoms with E-state index >= 15 is 0 Å². The zero-order valence-corrected chi connectivity index (χ0v) is 11.0. The topological polar surface area (TPSA) is 28.2 Å². The summed E-state index contributed by atoms with van der Waals surface area (Å²) in [5, 5.41) is 6.88. The highest BCUT2D eigenvalue weighted by Crippen LogP contribution is 2.21. The number of hydrogen-bond donors (Lipinski definition) is 1. The molecule has 0 bridgehead atoms. The molecule has 4 heteroatoms. The summed E-state index contributed by atoms with van der Waals surface area (Å²) < 4.78 is 0. The lowest BCUT2D eigenvalue weighted by molar-refractivity contribution is 0.577. The predicted molar refractivity (Wildman–Crippen MR) is 70.4 cm³/mol. The second kappa shape index (κ2) is 5.64. The van der Waals surface area contributed by atoms with Gasteiger partial charge in [-0.15, -0.1) is 11.3 Å². The third-order valence-electron chi connectivity index (χ3n) is 2.97. The van der Waals surface area contributed by atoms with E-state index in [4.69, 9.17) is 0 Å². The van der Waals surface area contributed by atoms with Gasteiger partial charge in [-0.25, -0.2) is 4.98 Å². The van der Waals surface area contributed by atoms with Crippen LogP contribution in [0, 0.1) is 6.92 Å². The summed E-state index contributed by atoms with van der Waals surface area (Å²) >= 11 is 1.77. The Morgan fingerprint density at radius 2 is 2.50 bits per heavy atom. The van der Waals surface area contributed by atoms with Crippen LogP contribution in [0.25, 0.3) is 0 Å². The van der Waals surface area contributed by atoms with Crippen LogP contribution in [0.2, 0.25) is 0 Å². The Labute approximate surface area is 102 Å². The van der Waals surface area contributed by atoms with Gasteiger partial charge in [0, 0.05) is 24.5 Å². The van der Waals surface area contributed by atoms with Crippen LogP contribution in [-0.4, -0.2) is 30.7 Å². The molecule has 1 atom stereocenters. The molecule has 0 spiro atoms. The minimum Gasteiger partial charge on any atom is -0.347 e. The quantitative estimate of drug-likeness (QED) is 0.855. The number of aromatic nitrogens is 1. The highest BCUT2D eigenvalue weighted by atomic mass is 32.1. The van der Waals surface area contributed by atoms with Crippen LogP contribution in [0.5, 0.6) is 0 Å². The molecule has 2 rings (SSSR count). The average Bonchev–Trinajstić information content (AvgIpc) is 2.88. The van der Waals surface area contributed by atoms with E-state index in [1.165, 1.54) is 30.9 Å². The van der Waals surface area contributed by atoms with Crippen LogP contribution in [0.3, 0.4) is 0 Å². The summed E-state index contributed by atoms with van der Waals surface area (Å²) in [5.74, 6) is 0. The maximum atomic E-state index is 4.59. The van der Waals surface area contributed by atoms with Gasteiger partial charge >= 0.3 is 0 Å². The largest absolute Gasteiger partial charge is 0.347 e. The number of thiazole rings is 1. The first-order valence-corrected chi connectivity index (χ1v) is 7.08. The highest BCUT2D eigenvalue weighted by Gasteiger charge is 2.19. The van der Waals surface area contributed by atoms with E-state index in [0.717, 1.165) is 18.8 Å². The fourth-order valence-electron chi connectivity index (χ4n) is 2.20. The summed E-state index contributed by atoms with van der Waals surface area (Å²) in [4.78, 5) is 7.02. The minimum absolute atomic E-state index is 0.663. The molecule has 0 amide bonds. The first kappa shape index (κ1) is 11.9. The number of hydrogen-bond acceptors (Lipinski definition) is 4. The van der Waals surface area contributed by atoms with E-state index in [1.54, 1.807) is 11.3 Å². The van der Waals surface area contributed by atoms with Crippen molar-refractivity contribution in [3.05, 3.63) is 11.1 Å². The van der Waals surface area contributed by atoms with Gasteiger partial charge in [-0.2, -0.15) is 0 Å². The van der Waals surface area contributed by atoms with Gasteiger partial charge in [-0.05, 0) is 32.7 Å². The molecule has 90 valence electrons. The second-order valence-corrected chi connectivity index (χ2v) is 5.35. The molecule has 0 saturated carbocycles. The Morgan fingerprint density at radius 3 is 3.06 bits per heavy atom. The normalized spacial score (nSPS) is 20.2. The van der Waals surface area contributed by atoms with Gasteiger partial charge in [0.05, 0.1) is 5.69 Å². The van der Waals surface area contributed by atoms with Crippen molar-refractivity contribution in [2.24, 2.45) is 0 Å². The third-order valence-corrected chi connectivity index (χ3v) is 3.99. The van der Waals surface area contributed by atoms with Gasteiger partial charge in [0.2, 0.25) is 0 Å². The number of nitrogens with zero attached hydrogens (tertiary/aromatic N) is 2. The number of rotatable bonds is 5. The van der Waals surface area contributed by atoms with Crippen LogP contribution >= 0.6 is 11.3 Å². The molecular formula is C12H21N3S. The molecule has 1 aromatic heterocycles. The molecule has 0 aliphatic carbocycles. The Kier molecular flexibility index (Phi) is 4.18. The van der Waals surface area contributed by atoms with Crippen molar-refractivity contribution in [2.75, 3.05) is 24.5 Å². The van der Waals surface area contributed by atoms with Gasteiger partial charge in [0.15, 0.2) is 5.13 Å². The van der Waals surface area contributed by atoms with Gasteiger partial charge in [0.1, 0.15) is 0 Å². The van der Waals surface area contributed by atoms with Crippen LogP contribution in [0.15, 0.2) is 5.38 Å². The fraction of sp³-hybridized carbons (Fsp3) is 0.750. The predicted octanol–water partition coefficient (Wildman–Crippen LogP) is 2.42. The van der Waals surface area contributed by atoms with Crippen LogP contribution < -0.4 is 10.2 Å². The zero-order valence-electron chi connectivity index (χ0n) is 10.2. The van der Waals surface area contributed by atoms with Crippen molar-refractivity contribution in [3.8, 4) is 0 Å². The summed E-state index contributed by atoms with van der Waals surface area (Å²) in [6.45, 7) is 7.71. The highest BCUT2D eigenvalue weighted by molar-refractivity contribution is 7.13. The summed E-state index contributed by atoms with van der Waals surface area (Å²) in [6.07, 6.45) is 3.82. The van der Waals surface area contributed by atoms with Crippen LogP contribution in [-0.2, 0) is 0 Å². The first-order valence-electron chi connectivity index (χ1n) is 6.20. The summed E-state index contributed by atoms with van der Waals surface area (Å²) in [6, 6.07) is 0.663. The molecule has 1 fully saturated rings. The van der Waals surface area contributed by atoms with Crippen LogP contribution in [0.1, 0.15) is 31.9 Å². The molecule has 1 aromatic rings. The van der Waals surface area contributed by atoms with Crippen molar-refractivity contribution in [3.63, 3.8) is 0 Å².